The molecule has 7 heteroatoms. The highest BCUT2D eigenvalue weighted by atomic mass is 35.5. The third kappa shape index (κ3) is 3.66. The first-order valence-electron chi connectivity index (χ1n) is 8.17. The Morgan fingerprint density at radius 3 is 2.22 bits per heavy atom. The van der Waals surface area contributed by atoms with Crippen LogP contribution in [-0.4, -0.2) is 10.8 Å². The van der Waals surface area contributed by atoms with Crippen LogP contribution in [0.25, 0.3) is 11.0 Å². The minimum atomic E-state index is -0.447. The summed E-state index contributed by atoms with van der Waals surface area (Å²) < 4.78 is 16.4. The summed E-state index contributed by atoms with van der Waals surface area (Å²) in [4.78, 5) is 26.9. The molecule has 136 valence electrons. The van der Waals surface area contributed by atoms with E-state index in [1.165, 1.54) is 29.6 Å². The second-order valence-electron chi connectivity index (χ2n) is 5.94. The molecule has 1 amide bonds. The van der Waals surface area contributed by atoms with Crippen molar-refractivity contribution >= 4 is 28.5 Å². The normalized spacial score (nSPS) is 11.0. The van der Waals surface area contributed by atoms with Crippen molar-refractivity contribution in [1.29, 1.82) is 0 Å². The fourth-order valence-electron chi connectivity index (χ4n) is 2.77. The first-order chi connectivity index (χ1) is 13.1. The SMILES string of the molecule is O=C(c1cc(=O)c2cc(Cl)ccc2o1)N(Cc1ccco1)Cc1ccco1. The van der Waals surface area contributed by atoms with Gasteiger partial charge in [0.1, 0.15) is 17.1 Å². The van der Waals surface area contributed by atoms with E-state index in [0.717, 1.165) is 0 Å². The van der Waals surface area contributed by atoms with Gasteiger partial charge in [0.25, 0.3) is 5.91 Å². The van der Waals surface area contributed by atoms with Gasteiger partial charge in [-0.2, -0.15) is 0 Å². The van der Waals surface area contributed by atoms with Gasteiger partial charge in [-0.3, -0.25) is 9.59 Å². The average Bonchev–Trinajstić information content (AvgIpc) is 3.35. The van der Waals surface area contributed by atoms with Gasteiger partial charge in [-0.1, -0.05) is 11.6 Å². The Kier molecular flexibility index (Phi) is 4.56. The van der Waals surface area contributed by atoms with E-state index < -0.39 is 5.91 Å². The molecule has 4 aromatic rings. The molecule has 4 rings (SSSR count). The van der Waals surface area contributed by atoms with Crippen molar-refractivity contribution in [3.05, 3.63) is 93.6 Å². The molecule has 0 aliphatic rings. The van der Waals surface area contributed by atoms with Crippen LogP contribution in [0.5, 0.6) is 0 Å². The number of carbonyl (C=O) groups is 1. The Bertz CT molecular complexity index is 1090. The first-order valence-corrected chi connectivity index (χ1v) is 8.55. The lowest BCUT2D eigenvalue weighted by atomic mass is 10.2. The summed E-state index contributed by atoms with van der Waals surface area (Å²) >= 11 is 5.93. The lowest BCUT2D eigenvalue weighted by Gasteiger charge is -2.20. The minimum Gasteiger partial charge on any atom is -0.467 e. The van der Waals surface area contributed by atoms with Crippen molar-refractivity contribution in [3.63, 3.8) is 0 Å². The summed E-state index contributed by atoms with van der Waals surface area (Å²) in [5.74, 6) is 0.694. The van der Waals surface area contributed by atoms with Crippen LogP contribution in [0.4, 0.5) is 0 Å². The summed E-state index contributed by atoms with van der Waals surface area (Å²) in [6, 6.07) is 12.9. The number of fused-ring (bicyclic) bond motifs is 1. The molecule has 3 heterocycles. The van der Waals surface area contributed by atoms with Gasteiger partial charge in [0, 0.05) is 11.1 Å². The molecule has 0 spiro atoms. The molecule has 1 aromatic carbocycles. The van der Waals surface area contributed by atoms with Crippen LogP contribution < -0.4 is 5.43 Å². The van der Waals surface area contributed by atoms with Crippen molar-refractivity contribution in [1.82, 2.24) is 4.90 Å². The summed E-state index contributed by atoms with van der Waals surface area (Å²) in [6.45, 7) is 0.407. The maximum absolute atomic E-state index is 13.0. The molecule has 0 N–H and O–H groups in total. The molecule has 0 bridgehead atoms. The molecule has 0 aliphatic carbocycles. The highest BCUT2D eigenvalue weighted by Crippen LogP contribution is 2.20. The Labute approximate surface area is 158 Å². The van der Waals surface area contributed by atoms with Crippen LogP contribution in [-0.2, 0) is 13.1 Å². The second-order valence-corrected chi connectivity index (χ2v) is 6.37. The fourth-order valence-corrected chi connectivity index (χ4v) is 2.94. The predicted molar refractivity (Wildman–Crippen MR) is 98.5 cm³/mol. The minimum absolute atomic E-state index is 0.0621. The van der Waals surface area contributed by atoms with Gasteiger partial charge in [0.2, 0.25) is 0 Å². The number of carbonyl (C=O) groups excluding carboxylic acids is 1. The maximum atomic E-state index is 13.0. The number of benzene rings is 1. The number of halogens is 1. The van der Waals surface area contributed by atoms with Gasteiger partial charge in [-0.15, -0.1) is 0 Å². The number of hydrogen-bond acceptors (Lipinski definition) is 5. The number of rotatable bonds is 5. The maximum Gasteiger partial charge on any atom is 0.290 e. The Hall–Kier alpha value is -3.25. The van der Waals surface area contributed by atoms with E-state index >= 15 is 0 Å². The topological polar surface area (TPSA) is 76.8 Å². The van der Waals surface area contributed by atoms with Crippen LogP contribution in [0.15, 0.2) is 79.1 Å². The Morgan fingerprint density at radius 1 is 0.963 bits per heavy atom. The van der Waals surface area contributed by atoms with Crippen LogP contribution in [0.3, 0.4) is 0 Å². The third-order valence-electron chi connectivity index (χ3n) is 4.04. The van der Waals surface area contributed by atoms with Crippen molar-refractivity contribution < 1.29 is 18.0 Å². The van der Waals surface area contributed by atoms with Gasteiger partial charge in [0.05, 0.1) is 31.0 Å². The third-order valence-corrected chi connectivity index (χ3v) is 4.28. The van der Waals surface area contributed by atoms with Crippen molar-refractivity contribution in [3.8, 4) is 0 Å². The van der Waals surface area contributed by atoms with Gasteiger partial charge < -0.3 is 18.2 Å². The van der Waals surface area contributed by atoms with Gasteiger partial charge >= 0.3 is 0 Å². The molecular weight excluding hydrogens is 370 g/mol. The van der Waals surface area contributed by atoms with E-state index in [2.05, 4.69) is 0 Å². The van der Waals surface area contributed by atoms with E-state index in [1.54, 1.807) is 36.4 Å². The number of hydrogen-bond donors (Lipinski definition) is 0. The number of amides is 1. The first kappa shape index (κ1) is 17.2. The van der Waals surface area contributed by atoms with Crippen LogP contribution in [0.1, 0.15) is 22.1 Å². The fraction of sp³-hybridized carbons (Fsp3) is 0.100. The molecule has 3 aromatic heterocycles. The molecule has 0 unspecified atom stereocenters. The Balaban J connectivity index is 1.70. The summed E-state index contributed by atoms with van der Waals surface area (Å²) in [5.41, 5.74) is -0.0377. The molecule has 0 fully saturated rings. The highest BCUT2D eigenvalue weighted by Gasteiger charge is 2.22. The summed E-state index contributed by atoms with van der Waals surface area (Å²) in [6.07, 6.45) is 3.07. The van der Waals surface area contributed by atoms with Crippen molar-refractivity contribution in [2.75, 3.05) is 0 Å². The van der Waals surface area contributed by atoms with Crippen LogP contribution in [0, 0.1) is 0 Å². The standard InChI is InChI=1S/C20H14ClNO5/c21-13-5-6-18-16(9-13)17(23)10-19(27-18)20(24)22(11-14-3-1-7-25-14)12-15-4-2-8-26-15/h1-10H,11-12H2. The van der Waals surface area contributed by atoms with Gasteiger partial charge in [0.15, 0.2) is 11.2 Å². The molecule has 27 heavy (non-hydrogen) atoms. The zero-order valence-electron chi connectivity index (χ0n) is 14.1. The smallest absolute Gasteiger partial charge is 0.290 e. The summed E-state index contributed by atoms with van der Waals surface area (Å²) in [7, 11) is 0. The molecule has 0 radical (unpaired) electrons. The average molecular weight is 384 g/mol. The van der Waals surface area contributed by atoms with Crippen molar-refractivity contribution in [2.45, 2.75) is 13.1 Å². The van der Waals surface area contributed by atoms with Gasteiger partial charge in [-0.25, -0.2) is 0 Å². The van der Waals surface area contributed by atoms with Crippen molar-refractivity contribution in [2.24, 2.45) is 0 Å². The zero-order valence-corrected chi connectivity index (χ0v) is 14.8. The molecule has 0 saturated heterocycles. The monoisotopic (exact) mass is 383 g/mol. The molecule has 0 atom stereocenters. The molecular formula is C20H14ClNO5. The molecule has 6 nitrogen and oxygen atoms in total. The second kappa shape index (κ2) is 7.17. The highest BCUT2D eigenvalue weighted by molar-refractivity contribution is 6.31. The number of furan rings is 2. The molecule has 0 aliphatic heterocycles. The van der Waals surface area contributed by atoms with E-state index in [1.807, 2.05) is 0 Å². The van der Waals surface area contributed by atoms with E-state index in [9.17, 15) is 9.59 Å². The van der Waals surface area contributed by atoms with Crippen LogP contribution >= 0.6 is 11.6 Å². The lowest BCUT2D eigenvalue weighted by Crippen LogP contribution is -2.30. The predicted octanol–water partition coefficient (Wildman–Crippen LogP) is 4.48. The number of nitrogens with zero attached hydrogens (tertiary/aromatic N) is 1. The van der Waals surface area contributed by atoms with E-state index in [4.69, 9.17) is 24.9 Å². The Morgan fingerprint density at radius 2 is 1.63 bits per heavy atom. The van der Waals surface area contributed by atoms with Gasteiger partial charge in [-0.05, 0) is 42.5 Å². The zero-order chi connectivity index (χ0) is 18.8. The van der Waals surface area contributed by atoms with Crippen LogP contribution in [0.2, 0.25) is 5.02 Å². The quantitative estimate of drug-likeness (QED) is 0.508. The van der Waals surface area contributed by atoms with E-state index in [-0.39, 0.29) is 24.3 Å². The van der Waals surface area contributed by atoms with E-state index in [0.29, 0.717) is 27.5 Å². The molecule has 0 saturated carbocycles. The lowest BCUT2D eigenvalue weighted by molar-refractivity contribution is 0.0673. The summed E-state index contributed by atoms with van der Waals surface area (Å²) in [5, 5.41) is 0.744. The largest absolute Gasteiger partial charge is 0.467 e.